The van der Waals surface area contributed by atoms with Gasteiger partial charge in [0.25, 0.3) is 0 Å². The molecule has 1 aliphatic carbocycles. The van der Waals surface area contributed by atoms with Crippen molar-refractivity contribution in [3.63, 3.8) is 0 Å². The summed E-state index contributed by atoms with van der Waals surface area (Å²) in [5.41, 5.74) is 11.3. The molecule has 1 fully saturated rings. The van der Waals surface area contributed by atoms with Gasteiger partial charge in [0.2, 0.25) is 0 Å². The molecule has 1 aliphatic rings. The number of nitrogens with zero attached hydrogens (tertiary/aromatic N) is 5. The van der Waals surface area contributed by atoms with E-state index in [0.29, 0.717) is 35.5 Å². The van der Waals surface area contributed by atoms with Gasteiger partial charge in [-0.25, -0.2) is 24.5 Å². The number of carbonyl (C=O) groups excluding carboxylic acids is 1. The molecule has 45 heavy (non-hydrogen) atoms. The minimum absolute atomic E-state index is 0.176. The molecule has 1 saturated carbocycles. The molecule has 11 nitrogen and oxygen atoms in total. The number of methoxy groups -OCH3 is 2. The van der Waals surface area contributed by atoms with Crippen LogP contribution in [0.15, 0.2) is 42.5 Å². The third-order valence-electron chi connectivity index (χ3n) is 8.23. The minimum Gasteiger partial charge on any atom is -0.494 e. The van der Waals surface area contributed by atoms with Crippen LogP contribution in [0.25, 0.3) is 33.6 Å². The molecular weight excluding hydrogens is 596 g/mol. The van der Waals surface area contributed by atoms with Crippen LogP contribution < -0.4 is 10.5 Å². The molecule has 0 saturated heterocycles. The third kappa shape index (κ3) is 5.97. The number of aryl methyl sites for hydroxylation is 2. The molecule has 0 radical (unpaired) electrons. The number of aromatic nitrogens is 5. The number of rotatable bonds is 12. The molecule has 4 aromatic heterocycles. The average Bonchev–Trinajstić information content (AvgIpc) is 3.70. The summed E-state index contributed by atoms with van der Waals surface area (Å²) in [6.45, 7) is 2.57. The fourth-order valence-electron chi connectivity index (χ4n) is 5.86. The average molecular weight is 631 g/mol. The zero-order chi connectivity index (χ0) is 31.8. The lowest BCUT2D eigenvalue weighted by atomic mass is 10.1. The quantitative estimate of drug-likeness (QED) is 0.0912. The van der Waals surface area contributed by atoms with Crippen LogP contribution in [0.2, 0.25) is 5.15 Å². The van der Waals surface area contributed by atoms with E-state index in [-0.39, 0.29) is 22.8 Å². The van der Waals surface area contributed by atoms with E-state index < -0.39 is 11.9 Å². The summed E-state index contributed by atoms with van der Waals surface area (Å²) < 4.78 is 15.2. The normalized spacial score (nSPS) is 13.8. The summed E-state index contributed by atoms with van der Waals surface area (Å²) in [6.07, 6.45) is 4.92. The lowest BCUT2D eigenvalue weighted by Gasteiger charge is -2.14. The van der Waals surface area contributed by atoms with E-state index in [4.69, 9.17) is 36.8 Å². The first-order valence-electron chi connectivity index (χ1n) is 15.0. The predicted molar refractivity (Wildman–Crippen MR) is 171 cm³/mol. The first kappa shape index (κ1) is 30.5. The number of ether oxygens (including phenoxy) is 2. The maximum atomic E-state index is 12.4. The van der Waals surface area contributed by atoms with Gasteiger partial charge in [0.1, 0.15) is 22.1 Å². The second kappa shape index (κ2) is 12.5. The fraction of sp³-hybridized carbons (Fsp3) is 0.364. The Bertz CT molecular complexity index is 1930. The van der Waals surface area contributed by atoms with E-state index in [1.54, 1.807) is 19.2 Å². The first-order chi connectivity index (χ1) is 21.7. The molecule has 6 rings (SSSR count). The Morgan fingerprint density at radius 1 is 1.07 bits per heavy atom. The SMILES string of the molecule is COC(=O)c1cc(OC)c2c(c1)nc(-c1cc3ccc([C@@H](C)N)nc3n1CCCCCc1nc(Cl)ccc1C(=O)O)n2C1CC1. The Kier molecular flexibility index (Phi) is 8.48. The molecule has 0 unspecified atom stereocenters. The second-order valence-electron chi connectivity index (χ2n) is 11.4. The third-order valence-corrected chi connectivity index (χ3v) is 8.44. The minimum atomic E-state index is -1.01. The number of halogens is 1. The zero-order valence-electron chi connectivity index (χ0n) is 25.4. The predicted octanol–water partition coefficient (Wildman–Crippen LogP) is 6.36. The number of esters is 1. The van der Waals surface area contributed by atoms with Crippen LogP contribution in [0.3, 0.4) is 0 Å². The van der Waals surface area contributed by atoms with Crippen molar-refractivity contribution in [2.75, 3.05) is 14.2 Å². The van der Waals surface area contributed by atoms with Crippen LogP contribution in [0.1, 0.15) is 83.2 Å². The number of carboxylic acid groups (broad SMARTS) is 1. The Morgan fingerprint density at radius 2 is 1.87 bits per heavy atom. The summed E-state index contributed by atoms with van der Waals surface area (Å²) in [6, 6.07) is 12.6. The van der Waals surface area contributed by atoms with Gasteiger partial charge in [0.15, 0.2) is 5.82 Å². The lowest BCUT2D eigenvalue weighted by molar-refractivity contribution is 0.0599. The van der Waals surface area contributed by atoms with E-state index in [1.165, 1.54) is 19.2 Å². The molecule has 12 heteroatoms. The monoisotopic (exact) mass is 630 g/mol. The van der Waals surface area contributed by atoms with Crippen molar-refractivity contribution < 1.29 is 24.2 Å². The second-order valence-corrected chi connectivity index (χ2v) is 11.8. The Hall–Kier alpha value is -4.48. The van der Waals surface area contributed by atoms with Gasteiger partial charge in [0.05, 0.1) is 47.9 Å². The fourth-order valence-corrected chi connectivity index (χ4v) is 6.03. The van der Waals surface area contributed by atoms with Crippen molar-refractivity contribution in [3.8, 4) is 17.3 Å². The van der Waals surface area contributed by atoms with Gasteiger partial charge in [-0.3, -0.25) is 0 Å². The molecule has 0 amide bonds. The van der Waals surface area contributed by atoms with E-state index in [9.17, 15) is 14.7 Å². The van der Waals surface area contributed by atoms with Gasteiger partial charge in [-0.05, 0) is 81.5 Å². The maximum absolute atomic E-state index is 12.4. The summed E-state index contributed by atoms with van der Waals surface area (Å²) >= 11 is 6.05. The number of imidazole rings is 1. The highest BCUT2D eigenvalue weighted by molar-refractivity contribution is 6.29. The smallest absolute Gasteiger partial charge is 0.338 e. The highest BCUT2D eigenvalue weighted by Gasteiger charge is 2.32. The molecular formula is C33H35ClN6O5. The number of pyridine rings is 2. The molecule has 5 aromatic rings. The van der Waals surface area contributed by atoms with Gasteiger partial charge >= 0.3 is 11.9 Å². The van der Waals surface area contributed by atoms with E-state index >= 15 is 0 Å². The molecule has 234 valence electrons. The molecule has 0 aliphatic heterocycles. The topological polar surface area (TPSA) is 147 Å². The molecule has 0 bridgehead atoms. The molecule has 3 N–H and O–H groups in total. The van der Waals surface area contributed by atoms with Crippen LogP contribution in [0.4, 0.5) is 0 Å². The summed E-state index contributed by atoms with van der Waals surface area (Å²) in [4.78, 5) is 38.4. The van der Waals surface area contributed by atoms with Gasteiger partial charge in [-0.2, -0.15) is 0 Å². The van der Waals surface area contributed by atoms with Crippen molar-refractivity contribution in [1.29, 1.82) is 0 Å². The van der Waals surface area contributed by atoms with Gasteiger partial charge < -0.3 is 29.4 Å². The summed E-state index contributed by atoms with van der Waals surface area (Å²) in [5, 5.41) is 10.8. The van der Waals surface area contributed by atoms with Crippen molar-refractivity contribution in [1.82, 2.24) is 24.1 Å². The van der Waals surface area contributed by atoms with Crippen molar-refractivity contribution in [2.24, 2.45) is 5.73 Å². The van der Waals surface area contributed by atoms with E-state index in [0.717, 1.165) is 65.9 Å². The number of unbranched alkanes of at least 4 members (excludes halogenated alkanes) is 2. The number of hydrogen-bond donors (Lipinski definition) is 2. The van der Waals surface area contributed by atoms with Crippen molar-refractivity contribution in [2.45, 2.75) is 64.1 Å². The first-order valence-corrected chi connectivity index (χ1v) is 15.4. The summed E-state index contributed by atoms with van der Waals surface area (Å²) in [5.74, 6) is -0.123. The largest absolute Gasteiger partial charge is 0.494 e. The zero-order valence-corrected chi connectivity index (χ0v) is 26.2. The van der Waals surface area contributed by atoms with Crippen molar-refractivity contribution in [3.05, 3.63) is 70.1 Å². The summed E-state index contributed by atoms with van der Waals surface area (Å²) in [7, 11) is 2.94. The number of fused-ring (bicyclic) bond motifs is 2. The standard InChI is InChI=1S/C33H35ClN6O5/c1-18(35)23-12-8-19-16-26(31-38-25-15-20(33(43)45-3)17-27(44-2)29(25)40(31)21-9-10-21)39(30(19)37-23)14-6-4-5-7-24-22(32(41)42)11-13-28(34)36-24/h8,11-13,15-18,21H,4-7,9-10,14,35H2,1-3H3,(H,41,42)/t18-/m1/s1. The molecule has 1 aromatic carbocycles. The Labute approximate surface area is 264 Å². The highest BCUT2D eigenvalue weighted by Crippen LogP contribution is 2.44. The van der Waals surface area contributed by atoms with Crippen LogP contribution >= 0.6 is 11.6 Å². The maximum Gasteiger partial charge on any atom is 0.338 e. The number of benzene rings is 1. The van der Waals surface area contributed by atoms with Crippen LogP contribution in [-0.2, 0) is 17.7 Å². The Morgan fingerprint density at radius 3 is 2.56 bits per heavy atom. The highest BCUT2D eigenvalue weighted by atomic mass is 35.5. The van der Waals surface area contributed by atoms with Gasteiger partial charge in [-0.15, -0.1) is 0 Å². The van der Waals surface area contributed by atoms with Crippen LogP contribution in [0, 0.1) is 0 Å². The van der Waals surface area contributed by atoms with E-state index in [2.05, 4.69) is 20.2 Å². The van der Waals surface area contributed by atoms with Gasteiger partial charge in [0, 0.05) is 24.0 Å². The number of carbonyl (C=O) groups is 2. The number of carboxylic acids is 1. The number of aromatic carboxylic acids is 1. The van der Waals surface area contributed by atoms with Gasteiger partial charge in [-0.1, -0.05) is 18.0 Å². The van der Waals surface area contributed by atoms with Crippen molar-refractivity contribution >= 4 is 45.6 Å². The van der Waals surface area contributed by atoms with Crippen LogP contribution in [0.5, 0.6) is 5.75 Å². The lowest BCUT2D eigenvalue weighted by Crippen LogP contribution is -2.10. The Balaban J connectivity index is 1.38. The van der Waals surface area contributed by atoms with E-state index in [1.807, 2.05) is 19.1 Å². The number of hydrogen-bond acceptors (Lipinski definition) is 8. The number of nitrogens with two attached hydrogens (primary N) is 1. The molecule has 0 spiro atoms. The molecule has 4 heterocycles. The molecule has 1 atom stereocenters. The van der Waals surface area contributed by atoms with Crippen LogP contribution in [-0.4, -0.2) is 55.4 Å².